The summed E-state index contributed by atoms with van der Waals surface area (Å²) in [4.78, 5) is 35.3. The fourth-order valence-electron chi connectivity index (χ4n) is 9.88. The quantitative estimate of drug-likeness (QED) is 0.0264. The molecule has 3 N–H and O–H groups in total. The maximum Gasteiger partial charge on any atom is 0.472 e. The van der Waals surface area contributed by atoms with Crippen molar-refractivity contribution in [2.24, 2.45) is 5.73 Å². The third-order valence-electron chi connectivity index (χ3n) is 14.8. The van der Waals surface area contributed by atoms with Gasteiger partial charge in [-0.05, 0) is 51.4 Å². The van der Waals surface area contributed by atoms with E-state index in [1.165, 1.54) is 250 Å². The molecule has 0 aliphatic rings. The van der Waals surface area contributed by atoms with Crippen molar-refractivity contribution in [3.8, 4) is 0 Å². The van der Waals surface area contributed by atoms with E-state index >= 15 is 0 Å². The molecule has 2 unspecified atom stereocenters. The van der Waals surface area contributed by atoms with Crippen LogP contribution in [0.25, 0.3) is 0 Å². The summed E-state index contributed by atoms with van der Waals surface area (Å²) in [5.74, 6) is -0.819. The van der Waals surface area contributed by atoms with Gasteiger partial charge in [0.1, 0.15) is 6.61 Å². The summed E-state index contributed by atoms with van der Waals surface area (Å²) in [5, 5.41) is 0. The number of phosphoric acid groups is 1. The number of nitrogens with two attached hydrogens (primary N) is 1. The highest BCUT2D eigenvalue weighted by Crippen LogP contribution is 2.43. The molecule has 76 heavy (non-hydrogen) atoms. The average molecular weight is 1090 g/mol. The number of hydrogen-bond acceptors (Lipinski definition) is 8. The smallest absolute Gasteiger partial charge is 0.462 e. The van der Waals surface area contributed by atoms with Crippen LogP contribution in [-0.2, 0) is 32.7 Å². The highest BCUT2D eigenvalue weighted by atomic mass is 31.2. The first-order valence-electron chi connectivity index (χ1n) is 33.0. The van der Waals surface area contributed by atoms with E-state index < -0.39 is 26.5 Å². The Hall–Kier alpha value is -1.77. The van der Waals surface area contributed by atoms with Crippen molar-refractivity contribution in [1.82, 2.24) is 0 Å². The first-order valence-corrected chi connectivity index (χ1v) is 34.5. The van der Waals surface area contributed by atoms with Gasteiger partial charge in [0.15, 0.2) is 6.10 Å². The number of esters is 2. The van der Waals surface area contributed by atoms with Gasteiger partial charge in [-0.3, -0.25) is 18.6 Å². The summed E-state index contributed by atoms with van der Waals surface area (Å²) in [6, 6.07) is 0. The van der Waals surface area contributed by atoms with Crippen LogP contribution < -0.4 is 5.73 Å². The van der Waals surface area contributed by atoms with E-state index in [2.05, 4.69) is 50.3 Å². The average Bonchev–Trinajstić information content (AvgIpc) is 3.41. The van der Waals surface area contributed by atoms with Crippen LogP contribution in [-0.4, -0.2) is 49.3 Å². The van der Waals surface area contributed by atoms with Crippen LogP contribution >= 0.6 is 7.82 Å². The predicted octanol–water partition coefficient (Wildman–Crippen LogP) is 21.1. The van der Waals surface area contributed by atoms with Crippen LogP contribution in [0.2, 0.25) is 0 Å². The molecule has 9 nitrogen and oxygen atoms in total. The number of unbranched alkanes of at least 4 members (excludes halogenated alkanes) is 44. The van der Waals surface area contributed by atoms with Gasteiger partial charge >= 0.3 is 19.8 Å². The fourth-order valence-corrected chi connectivity index (χ4v) is 10.6. The number of carbonyl (C=O) groups excluding carboxylic acids is 2. The van der Waals surface area contributed by atoms with Crippen LogP contribution in [0.1, 0.15) is 341 Å². The monoisotopic (exact) mass is 1090 g/mol. The van der Waals surface area contributed by atoms with Gasteiger partial charge in [-0.1, -0.05) is 314 Å². The Labute approximate surface area is 471 Å². The lowest BCUT2D eigenvalue weighted by Crippen LogP contribution is -2.29. The maximum atomic E-state index is 12.7. The lowest BCUT2D eigenvalue weighted by atomic mass is 10.0. The standard InChI is InChI=1S/C66H126NO8P/c1-3-5-7-9-11-13-15-17-19-21-23-25-27-28-29-30-31-32-33-34-35-37-38-40-42-44-46-48-50-52-54-56-58-65(68)72-62-64(63-74-76(70,71)73-61-60-67)75-66(69)59-57-55-53-51-49-47-45-43-41-39-36-26-24-22-20-18-16-14-12-10-8-6-4-2/h16,18,22,24,36,39,64H,3-15,17,19-21,23,25-35,37-38,40-63,67H2,1-2H3,(H,70,71)/b18-16-,24-22-,39-36-. The Morgan fingerprint density at radius 3 is 1.01 bits per heavy atom. The molecule has 0 saturated heterocycles. The van der Waals surface area contributed by atoms with Gasteiger partial charge in [0, 0.05) is 19.4 Å². The van der Waals surface area contributed by atoms with Crippen molar-refractivity contribution in [3.63, 3.8) is 0 Å². The van der Waals surface area contributed by atoms with Crippen molar-refractivity contribution in [3.05, 3.63) is 36.5 Å². The van der Waals surface area contributed by atoms with Crippen LogP contribution in [0.4, 0.5) is 0 Å². The summed E-state index contributed by atoms with van der Waals surface area (Å²) < 4.78 is 33.1. The maximum absolute atomic E-state index is 12.7. The van der Waals surface area contributed by atoms with Crippen LogP contribution in [0.5, 0.6) is 0 Å². The lowest BCUT2D eigenvalue weighted by molar-refractivity contribution is -0.161. The number of allylic oxidation sites excluding steroid dienone is 6. The highest BCUT2D eigenvalue weighted by molar-refractivity contribution is 7.47. The zero-order chi connectivity index (χ0) is 55.2. The minimum atomic E-state index is -4.39. The first-order chi connectivity index (χ1) is 37.3. The molecule has 0 radical (unpaired) electrons. The van der Waals surface area contributed by atoms with E-state index in [9.17, 15) is 19.0 Å². The van der Waals surface area contributed by atoms with Crippen molar-refractivity contribution in [1.29, 1.82) is 0 Å². The lowest BCUT2D eigenvalue weighted by Gasteiger charge is -2.19. The molecule has 0 aliphatic carbocycles. The third-order valence-corrected chi connectivity index (χ3v) is 15.8. The summed E-state index contributed by atoms with van der Waals surface area (Å²) in [5.41, 5.74) is 5.39. The van der Waals surface area contributed by atoms with Gasteiger partial charge in [-0.25, -0.2) is 4.57 Å². The van der Waals surface area contributed by atoms with Gasteiger partial charge in [0.05, 0.1) is 13.2 Å². The minimum absolute atomic E-state index is 0.0531. The molecule has 0 heterocycles. The SMILES string of the molecule is CCCCCCC/C=C\C/C=C\C/C=C\CCCCCCCCCCC(=O)OC(COC(=O)CCCCCCCCCCCCCCCCCCCCCCCCCCCCCCCCCC)COP(=O)(O)OCCN. The normalized spacial score (nSPS) is 13.2. The van der Waals surface area contributed by atoms with Crippen molar-refractivity contribution in [2.45, 2.75) is 347 Å². The predicted molar refractivity (Wildman–Crippen MR) is 326 cm³/mol. The van der Waals surface area contributed by atoms with Gasteiger partial charge < -0.3 is 20.1 Å². The second-order valence-corrected chi connectivity index (χ2v) is 23.8. The van der Waals surface area contributed by atoms with Crippen molar-refractivity contribution < 1.29 is 37.6 Å². The number of ether oxygens (including phenoxy) is 2. The van der Waals surface area contributed by atoms with Gasteiger partial charge in [-0.15, -0.1) is 0 Å². The van der Waals surface area contributed by atoms with E-state index in [0.29, 0.717) is 6.42 Å². The summed E-state index contributed by atoms with van der Waals surface area (Å²) >= 11 is 0. The molecule has 10 heteroatoms. The molecule has 0 amide bonds. The Morgan fingerprint density at radius 2 is 0.684 bits per heavy atom. The summed E-state index contributed by atoms with van der Waals surface area (Å²) in [7, 11) is -4.39. The molecule has 0 saturated carbocycles. The number of rotatable bonds is 63. The molecule has 0 aromatic heterocycles. The Balaban J connectivity index is 3.85. The van der Waals surface area contributed by atoms with E-state index in [1.807, 2.05) is 0 Å². The molecule has 0 fully saturated rings. The van der Waals surface area contributed by atoms with Crippen LogP contribution in [0.3, 0.4) is 0 Å². The number of phosphoric ester groups is 1. The van der Waals surface area contributed by atoms with Gasteiger partial charge in [0.25, 0.3) is 0 Å². The molecular formula is C66H126NO8P. The fraction of sp³-hybridized carbons (Fsp3) is 0.879. The van der Waals surface area contributed by atoms with Gasteiger partial charge in [0.2, 0.25) is 0 Å². The second-order valence-electron chi connectivity index (χ2n) is 22.3. The molecule has 0 bridgehead atoms. The molecule has 0 spiro atoms. The highest BCUT2D eigenvalue weighted by Gasteiger charge is 2.26. The second kappa shape index (κ2) is 62.4. The van der Waals surface area contributed by atoms with Crippen LogP contribution in [0, 0.1) is 0 Å². The van der Waals surface area contributed by atoms with E-state index in [-0.39, 0.29) is 38.6 Å². The van der Waals surface area contributed by atoms with E-state index in [0.717, 1.165) is 57.8 Å². The Bertz CT molecular complexity index is 1340. The summed E-state index contributed by atoms with van der Waals surface area (Å²) in [6.45, 7) is 3.78. The molecule has 0 aromatic rings. The molecule has 0 rings (SSSR count). The first kappa shape index (κ1) is 74.2. The third kappa shape index (κ3) is 61.4. The van der Waals surface area contributed by atoms with E-state index in [4.69, 9.17) is 24.3 Å². The minimum Gasteiger partial charge on any atom is -0.462 e. The van der Waals surface area contributed by atoms with Crippen molar-refractivity contribution in [2.75, 3.05) is 26.4 Å². The molecule has 0 aliphatic heterocycles. The largest absolute Gasteiger partial charge is 0.472 e. The Morgan fingerprint density at radius 1 is 0.395 bits per heavy atom. The van der Waals surface area contributed by atoms with E-state index in [1.54, 1.807) is 0 Å². The topological polar surface area (TPSA) is 134 Å². The zero-order valence-corrected chi connectivity index (χ0v) is 51.2. The Kier molecular flexibility index (Phi) is 61.0. The van der Waals surface area contributed by atoms with Crippen LogP contribution in [0.15, 0.2) is 36.5 Å². The van der Waals surface area contributed by atoms with Crippen molar-refractivity contribution >= 4 is 19.8 Å². The number of hydrogen-bond donors (Lipinski definition) is 2. The zero-order valence-electron chi connectivity index (χ0n) is 50.3. The number of carbonyl (C=O) groups is 2. The molecular weight excluding hydrogens is 966 g/mol. The van der Waals surface area contributed by atoms with Gasteiger partial charge in [-0.2, -0.15) is 0 Å². The molecule has 2 atom stereocenters. The molecule has 0 aromatic carbocycles. The summed E-state index contributed by atoms with van der Waals surface area (Å²) in [6.07, 6.45) is 76.6. The molecule has 448 valence electrons.